The molecule has 0 saturated heterocycles. The summed E-state index contributed by atoms with van der Waals surface area (Å²) in [6.45, 7) is 3.01. The highest BCUT2D eigenvalue weighted by Crippen LogP contribution is 2.15. The van der Waals surface area contributed by atoms with Gasteiger partial charge >= 0.3 is 11.7 Å². The van der Waals surface area contributed by atoms with Crippen molar-refractivity contribution in [3.05, 3.63) is 73.0 Å². The van der Waals surface area contributed by atoms with Crippen LogP contribution in [0.15, 0.2) is 39.9 Å². The first kappa shape index (κ1) is 22.2. The van der Waals surface area contributed by atoms with E-state index in [0.29, 0.717) is 16.3 Å². The van der Waals surface area contributed by atoms with Gasteiger partial charge in [-0.1, -0.05) is 29.8 Å². The van der Waals surface area contributed by atoms with Crippen molar-refractivity contribution in [1.29, 1.82) is 0 Å². The van der Waals surface area contributed by atoms with Gasteiger partial charge in [0.25, 0.3) is 5.56 Å². The van der Waals surface area contributed by atoms with Crippen molar-refractivity contribution < 1.29 is 14.3 Å². The number of aryl methyl sites for hydroxylation is 2. The molecule has 1 aromatic carbocycles. The van der Waals surface area contributed by atoms with Gasteiger partial charge in [-0.3, -0.25) is 18.7 Å². The molecule has 3 rings (SSSR count). The maximum Gasteiger partial charge on any atom is 0.339 e. The molecular weight excluding hydrogens is 424 g/mol. The molecule has 31 heavy (non-hydrogen) atoms. The molecule has 0 aliphatic heterocycles. The van der Waals surface area contributed by atoms with Crippen molar-refractivity contribution in [3.8, 4) is 0 Å². The van der Waals surface area contributed by atoms with Gasteiger partial charge in [0.15, 0.2) is 0 Å². The van der Waals surface area contributed by atoms with Crippen LogP contribution in [0.5, 0.6) is 0 Å². The predicted octanol–water partition coefficient (Wildman–Crippen LogP) is 1.55. The van der Waals surface area contributed by atoms with Crippen LogP contribution in [0.3, 0.4) is 0 Å². The number of fused-ring (bicyclic) bond motifs is 1. The van der Waals surface area contributed by atoms with Crippen LogP contribution >= 0.6 is 11.6 Å². The van der Waals surface area contributed by atoms with E-state index in [1.165, 1.54) is 13.1 Å². The van der Waals surface area contributed by atoms with Gasteiger partial charge in [0, 0.05) is 24.3 Å². The van der Waals surface area contributed by atoms with Gasteiger partial charge < -0.3 is 10.1 Å². The van der Waals surface area contributed by atoms with Crippen molar-refractivity contribution in [3.63, 3.8) is 0 Å². The molecule has 0 bridgehead atoms. The van der Waals surface area contributed by atoms with Crippen LogP contribution in [-0.2, 0) is 29.7 Å². The molecule has 0 unspecified atom stereocenters. The highest BCUT2D eigenvalue weighted by Gasteiger charge is 2.22. The highest BCUT2D eigenvalue weighted by atomic mass is 35.5. The van der Waals surface area contributed by atoms with Crippen molar-refractivity contribution >= 4 is 34.5 Å². The van der Waals surface area contributed by atoms with Gasteiger partial charge in [0.2, 0.25) is 5.91 Å². The quantitative estimate of drug-likeness (QED) is 0.577. The third-order valence-electron chi connectivity index (χ3n) is 4.65. The number of carbonyl (C=O) groups excluding carboxylic acids is 2. The van der Waals surface area contributed by atoms with E-state index in [1.807, 2.05) is 0 Å². The lowest BCUT2D eigenvalue weighted by Crippen LogP contribution is -2.43. The summed E-state index contributed by atoms with van der Waals surface area (Å²) in [7, 11) is 1.42. The lowest BCUT2D eigenvalue weighted by Gasteiger charge is -2.13. The zero-order valence-electron chi connectivity index (χ0n) is 17.3. The third kappa shape index (κ3) is 4.51. The van der Waals surface area contributed by atoms with Crippen LogP contribution in [0.1, 0.15) is 28.5 Å². The van der Waals surface area contributed by atoms with Crippen LogP contribution in [-0.4, -0.2) is 32.6 Å². The fourth-order valence-electron chi connectivity index (χ4n) is 3.15. The van der Waals surface area contributed by atoms with E-state index in [4.69, 9.17) is 16.3 Å². The monoisotopic (exact) mass is 444 g/mol. The molecule has 1 amide bonds. The molecular formula is C21H21ClN4O5. The summed E-state index contributed by atoms with van der Waals surface area (Å²) in [4.78, 5) is 55.0. The summed E-state index contributed by atoms with van der Waals surface area (Å²) in [6.07, 6.45) is 0. The molecule has 0 radical (unpaired) electrons. The number of rotatable bonds is 6. The topological polar surface area (TPSA) is 112 Å². The van der Waals surface area contributed by atoms with Crippen LogP contribution in [0.2, 0.25) is 5.02 Å². The van der Waals surface area contributed by atoms with Crippen LogP contribution < -0.4 is 16.6 Å². The number of ether oxygens (including phenoxy) is 1. The molecule has 3 aromatic rings. The number of hydrogen-bond donors (Lipinski definition) is 1. The largest absolute Gasteiger partial charge is 0.462 e. The molecule has 0 saturated carbocycles. The zero-order chi connectivity index (χ0) is 22.7. The number of nitrogens with one attached hydrogen (secondary N) is 1. The Kier molecular flexibility index (Phi) is 6.55. The van der Waals surface area contributed by atoms with Crippen molar-refractivity contribution in [2.75, 3.05) is 6.61 Å². The molecule has 9 nitrogen and oxygen atoms in total. The van der Waals surface area contributed by atoms with E-state index in [1.54, 1.807) is 38.1 Å². The second-order valence-corrected chi connectivity index (χ2v) is 7.24. The highest BCUT2D eigenvalue weighted by molar-refractivity contribution is 6.31. The molecule has 1 N–H and O–H groups in total. The second-order valence-electron chi connectivity index (χ2n) is 6.83. The van der Waals surface area contributed by atoms with Gasteiger partial charge in [-0.05, 0) is 31.5 Å². The third-order valence-corrected chi connectivity index (χ3v) is 5.02. The minimum absolute atomic E-state index is 0.00447. The van der Waals surface area contributed by atoms with Crippen molar-refractivity contribution in [2.45, 2.75) is 26.9 Å². The summed E-state index contributed by atoms with van der Waals surface area (Å²) in [6, 6.07) is 8.42. The Morgan fingerprint density at radius 1 is 1.23 bits per heavy atom. The average Bonchev–Trinajstić information content (AvgIpc) is 2.74. The Morgan fingerprint density at radius 3 is 2.61 bits per heavy atom. The minimum Gasteiger partial charge on any atom is -0.462 e. The standard InChI is InChI=1S/C21H21ClN4O5/c1-4-31-20(29)14-9-12(2)24-18-17(14)19(28)26(21(30)25(18)3)11-16(27)23-10-13-7-5-6-8-15(13)22/h5-9H,4,10-11H2,1-3H3,(H,23,27). The Bertz CT molecular complexity index is 1300. The van der Waals surface area contributed by atoms with E-state index in [2.05, 4.69) is 10.3 Å². The predicted molar refractivity (Wildman–Crippen MR) is 115 cm³/mol. The fourth-order valence-corrected chi connectivity index (χ4v) is 3.35. The van der Waals surface area contributed by atoms with Gasteiger partial charge in [0.05, 0.1) is 17.6 Å². The van der Waals surface area contributed by atoms with E-state index in [9.17, 15) is 19.2 Å². The Balaban J connectivity index is 2.02. The average molecular weight is 445 g/mol. The van der Waals surface area contributed by atoms with Crippen LogP contribution in [0, 0.1) is 6.92 Å². The first-order valence-electron chi connectivity index (χ1n) is 9.53. The van der Waals surface area contributed by atoms with Gasteiger partial charge in [-0.15, -0.1) is 0 Å². The van der Waals surface area contributed by atoms with E-state index < -0.39 is 29.7 Å². The SMILES string of the molecule is CCOC(=O)c1cc(C)nc2c1c(=O)n(CC(=O)NCc1ccccc1Cl)c(=O)n2C. The first-order valence-corrected chi connectivity index (χ1v) is 9.90. The number of nitrogens with zero attached hydrogens (tertiary/aromatic N) is 3. The molecule has 0 fully saturated rings. The van der Waals surface area contributed by atoms with E-state index in [-0.39, 0.29) is 29.7 Å². The Hall–Kier alpha value is -3.46. The van der Waals surface area contributed by atoms with Gasteiger partial charge in [0.1, 0.15) is 12.2 Å². The number of pyridine rings is 1. The molecule has 0 aliphatic rings. The lowest BCUT2D eigenvalue weighted by molar-refractivity contribution is -0.121. The number of benzene rings is 1. The molecule has 2 aromatic heterocycles. The molecule has 0 aliphatic carbocycles. The Labute approximate surface area is 182 Å². The maximum absolute atomic E-state index is 13.1. The summed E-state index contributed by atoms with van der Waals surface area (Å²) in [5.74, 6) is -1.26. The zero-order valence-corrected chi connectivity index (χ0v) is 18.0. The summed E-state index contributed by atoms with van der Waals surface area (Å²) in [5.41, 5.74) is -0.332. The summed E-state index contributed by atoms with van der Waals surface area (Å²) >= 11 is 6.08. The number of carbonyl (C=O) groups is 2. The van der Waals surface area contributed by atoms with Gasteiger partial charge in [-0.25, -0.2) is 14.6 Å². The van der Waals surface area contributed by atoms with Crippen LogP contribution in [0.4, 0.5) is 0 Å². The van der Waals surface area contributed by atoms with Crippen LogP contribution in [0.25, 0.3) is 11.0 Å². The molecule has 0 spiro atoms. The molecule has 10 heteroatoms. The van der Waals surface area contributed by atoms with E-state index in [0.717, 1.165) is 9.13 Å². The number of amides is 1. The maximum atomic E-state index is 13.1. The van der Waals surface area contributed by atoms with Crippen molar-refractivity contribution in [2.24, 2.45) is 7.05 Å². The summed E-state index contributed by atoms with van der Waals surface area (Å²) in [5, 5.41) is 3.05. The minimum atomic E-state index is -0.790. The second kappa shape index (κ2) is 9.13. The molecule has 0 atom stereocenters. The fraction of sp³-hybridized carbons (Fsp3) is 0.286. The molecule has 162 valence electrons. The number of esters is 1. The summed E-state index contributed by atoms with van der Waals surface area (Å²) < 4.78 is 6.94. The first-order chi connectivity index (χ1) is 14.7. The molecule has 2 heterocycles. The smallest absolute Gasteiger partial charge is 0.339 e. The number of halogens is 1. The lowest BCUT2D eigenvalue weighted by atomic mass is 10.1. The Morgan fingerprint density at radius 2 is 1.94 bits per heavy atom. The normalized spacial score (nSPS) is 10.8. The number of hydrogen-bond acceptors (Lipinski definition) is 6. The van der Waals surface area contributed by atoms with Crippen molar-refractivity contribution in [1.82, 2.24) is 19.4 Å². The number of aromatic nitrogens is 3. The van der Waals surface area contributed by atoms with E-state index >= 15 is 0 Å². The van der Waals surface area contributed by atoms with Gasteiger partial charge in [-0.2, -0.15) is 0 Å².